The summed E-state index contributed by atoms with van der Waals surface area (Å²) < 4.78 is 5.61. The van der Waals surface area contributed by atoms with E-state index in [9.17, 15) is 14.9 Å². The number of para-hydroxylation sites is 2. The fraction of sp³-hybridized carbons (Fsp3) is 0.562. The smallest absolute Gasteiger partial charge is 0.292 e. The van der Waals surface area contributed by atoms with Crippen LogP contribution in [0.2, 0.25) is 0 Å². The minimum absolute atomic E-state index is 0.00800. The predicted octanol–water partition coefficient (Wildman–Crippen LogP) is 2.06. The monoisotopic (exact) mass is 321 g/mol. The van der Waals surface area contributed by atoms with E-state index in [2.05, 4.69) is 0 Å². The molecule has 23 heavy (non-hydrogen) atoms. The summed E-state index contributed by atoms with van der Waals surface area (Å²) in [5, 5.41) is 11.1. The van der Waals surface area contributed by atoms with E-state index in [1.54, 1.807) is 35.0 Å². The van der Waals surface area contributed by atoms with Gasteiger partial charge in [-0.3, -0.25) is 14.9 Å². The predicted molar refractivity (Wildman–Crippen MR) is 87.6 cm³/mol. The molecule has 7 nitrogen and oxygen atoms in total. The van der Waals surface area contributed by atoms with Gasteiger partial charge in [0.05, 0.1) is 17.6 Å². The molecule has 1 saturated heterocycles. The molecule has 0 radical (unpaired) electrons. The minimum Gasteiger partial charge on any atom is -0.377 e. The number of nitrogens with zero attached hydrogens (tertiary/aromatic N) is 3. The molecule has 1 amide bonds. The van der Waals surface area contributed by atoms with E-state index < -0.39 is 4.92 Å². The van der Waals surface area contributed by atoms with Crippen molar-refractivity contribution in [1.29, 1.82) is 0 Å². The van der Waals surface area contributed by atoms with Crippen molar-refractivity contribution in [3.8, 4) is 0 Å². The number of piperidine rings is 1. The molecule has 0 unspecified atom stereocenters. The summed E-state index contributed by atoms with van der Waals surface area (Å²) in [5.41, 5.74) is 0.456. The molecule has 0 N–H and O–H groups in total. The lowest BCUT2D eigenvalue weighted by molar-refractivity contribution is -0.384. The van der Waals surface area contributed by atoms with E-state index in [1.165, 1.54) is 6.07 Å². The first kappa shape index (κ1) is 17.2. The van der Waals surface area contributed by atoms with Gasteiger partial charge in [-0.1, -0.05) is 12.1 Å². The maximum Gasteiger partial charge on any atom is 0.292 e. The van der Waals surface area contributed by atoms with Gasteiger partial charge in [-0.05, 0) is 25.8 Å². The molecular formula is C16H23N3O4. The molecule has 0 bridgehead atoms. The highest BCUT2D eigenvalue weighted by atomic mass is 16.6. The third-order valence-corrected chi connectivity index (χ3v) is 4.00. The van der Waals surface area contributed by atoms with Crippen LogP contribution in [-0.2, 0) is 9.53 Å². The Morgan fingerprint density at radius 3 is 2.91 bits per heavy atom. The van der Waals surface area contributed by atoms with Crippen LogP contribution >= 0.6 is 0 Å². The van der Waals surface area contributed by atoms with Gasteiger partial charge >= 0.3 is 0 Å². The minimum atomic E-state index is -0.428. The number of hydrogen-bond donors (Lipinski definition) is 0. The van der Waals surface area contributed by atoms with Crippen LogP contribution in [0.15, 0.2) is 24.3 Å². The number of likely N-dealkylation sites (N-methyl/N-ethyl adjacent to an activating group) is 1. The van der Waals surface area contributed by atoms with Crippen molar-refractivity contribution in [2.24, 2.45) is 0 Å². The lowest BCUT2D eigenvalue weighted by Gasteiger charge is -2.33. The highest BCUT2D eigenvalue weighted by Gasteiger charge is 2.25. The fourth-order valence-corrected chi connectivity index (χ4v) is 2.87. The standard InChI is InChI=1S/C16H23N3O4/c1-3-23-13-7-6-10-18(11-13)16(20)12-17(2)14-8-4-5-9-15(14)19(21)22/h4-5,8-9,13H,3,6-7,10-12H2,1-2H3/t13-/m1/s1. The Balaban J connectivity index is 2.01. The molecule has 2 rings (SSSR count). The Bertz CT molecular complexity index is 562. The molecule has 0 aliphatic carbocycles. The van der Waals surface area contributed by atoms with Crippen molar-refractivity contribution in [3.05, 3.63) is 34.4 Å². The highest BCUT2D eigenvalue weighted by molar-refractivity contribution is 5.82. The second-order valence-electron chi connectivity index (χ2n) is 5.66. The zero-order valence-electron chi connectivity index (χ0n) is 13.6. The summed E-state index contributed by atoms with van der Waals surface area (Å²) in [5.74, 6) is -0.0324. The van der Waals surface area contributed by atoms with E-state index in [0.717, 1.165) is 12.8 Å². The molecule has 7 heteroatoms. The van der Waals surface area contributed by atoms with Gasteiger partial charge in [-0.25, -0.2) is 0 Å². The molecule has 1 aromatic rings. The van der Waals surface area contributed by atoms with Crippen LogP contribution in [0.1, 0.15) is 19.8 Å². The summed E-state index contributed by atoms with van der Waals surface area (Å²) in [6.07, 6.45) is 1.98. The first-order chi connectivity index (χ1) is 11.0. The lowest BCUT2D eigenvalue weighted by Crippen LogP contribution is -2.46. The third-order valence-electron chi connectivity index (χ3n) is 4.00. The number of ether oxygens (including phenoxy) is 1. The maximum atomic E-state index is 12.5. The van der Waals surface area contributed by atoms with Crippen LogP contribution in [0.4, 0.5) is 11.4 Å². The number of rotatable bonds is 6. The molecule has 1 aliphatic rings. The van der Waals surface area contributed by atoms with Crippen LogP contribution in [0.3, 0.4) is 0 Å². The summed E-state index contributed by atoms with van der Waals surface area (Å²) in [6.45, 7) is 4.01. The maximum absolute atomic E-state index is 12.5. The summed E-state index contributed by atoms with van der Waals surface area (Å²) in [4.78, 5) is 26.6. The second-order valence-corrected chi connectivity index (χ2v) is 5.66. The average Bonchev–Trinajstić information content (AvgIpc) is 2.55. The average molecular weight is 321 g/mol. The van der Waals surface area contributed by atoms with Crippen molar-refractivity contribution < 1.29 is 14.5 Å². The lowest BCUT2D eigenvalue weighted by atomic mass is 10.1. The van der Waals surface area contributed by atoms with Gasteiger partial charge in [-0.15, -0.1) is 0 Å². The van der Waals surface area contributed by atoms with E-state index in [-0.39, 0.29) is 24.2 Å². The molecule has 1 atom stereocenters. The second kappa shape index (κ2) is 7.92. The van der Waals surface area contributed by atoms with Gasteiger partial charge < -0.3 is 14.5 Å². The van der Waals surface area contributed by atoms with Gasteiger partial charge in [0.15, 0.2) is 0 Å². The van der Waals surface area contributed by atoms with Crippen molar-refractivity contribution in [1.82, 2.24) is 4.90 Å². The molecule has 126 valence electrons. The number of carbonyl (C=O) groups excluding carboxylic acids is 1. The summed E-state index contributed by atoms with van der Waals surface area (Å²) in [6, 6.07) is 6.46. The molecule has 1 heterocycles. The Labute approximate surface area is 136 Å². The van der Waals surface area contributed by atoms with Gasteiger partial charge in [0.1, 0.15) is 5.69 Å². The van der Waals surface area contributed by atoms with Crippen LogP contribution in [0.25, 0.3) is 0 Å². The van der Waals surface area contributed by atoms with Crippen molar-refractivity contribution in [2.45, 2.75) is 25.9 Å². The van der Waals surface area contributed by atoms with Crippen LogP contribution in [0, 0.1) is 10.1 Å². The number of carbonyl (C=O) groups is 1. The Morgan fingerprint density at radius 1 is 1.48 bits per heavy atom. The molecule has 0 spiro atoms. The highest BCUT2D eigenvalue weighted by Crippen LogP contribution is 2.26. The van der Waals surface area contributed by atoms with Crippen molar-refractivity contribution in [3.63, 3.8) is 0 Å². The zero-order valence-corrected chi connectivity index (χ0v) is 13.6. The topological polar surface area (TPSA) is 75.9 Å². The van der Waals surface area contributed by atoms with E-state index >= 15 is 0 Å². The zero-order chi connectivity index (χ0) is 16.8. The molecule has 1 aromatic carbocycles. The molecular weight excluding hydrogens is 298 g/mol. The van der Waals surface area contributed by atoms with E-state index in [4.69, 9.17) is 4.74 Å². The van der Waals surface area contributed by atoms with E-state index in [0.29, 0.717) is 25.4 Å². The summed E-state index contributed by atoms with van der Waals surface area (Å²) in [7, 11) is 1.70. The number of nitro benzene ring substituents is 1. The molecule has 1 aliphatic heterocycles. The van der Waals surface area contributed by atoms with Gasteiger partial charge in [0.25, 0.3) is 5.69 Å². The quantitative estimate of drug-likeness (QED) is 0.592. The number of likely N-dealkylation sites (tertiary alicyclic amines) is 1. The molecule has 1 fully saturated rings. The Kier molecular flexibility index (Phi) is 5.92. The number of amides is 1. The SMILES string of the molecule is CCO[C@@H]1CCCN(C(=O)CN(C)c2ccccc2[N+](=O)[O-])C1. The van der Waals surface area contributed by atoms with Gasteiger partial charge in [0, 0.05) is 32.8 Å². The number of benzene rings is 1. The molecule has 0 aromatic heterocycles. The van der Waals surface area contributed by atoms with Crippen LogP contribution < -0.4 is 4.90 Å². The van der Waals surface area contributed by atoms with Crippen LogP contribution in [-0.4, -0.2) is 55.1 Å². The normalized spacial score (nSPS) is 17.8. The Hall–Kier alpha value is -2.15. The summed E-state index contributed by atoms with van der Waals surface area (Å²) >= 11 is 0. The Morgan fingerprint density at radius 2 is 2.22 bits per heavy atom. The van der Waals surface area contributed by atoms with Crippen molar-refractivity contribution in [2.75, 3.05) is 38.2 Å². The van der Waals surface area contributed by atoms with Gasteiger partial charge in [0.2, 0.25) is 5.91 Å². The van der Waals surface area contributed by atoms with Crippen LogP contribution in [0.5, 0.6) is 0 Å². The first-order valence-corrected chi connectivity index (χ1v) is 7.86. The number of anilines is 1. The van der Waals surface area contributed by atoms with Crippen molar-refractivity contribution >= 4 is 17.3 Å². The van der Waals surface area contributed by atoms with E-state index in [1.807, 2.05) is 6.92 Å². The first-order valence-electron chi connectivity index (χ1n) is 7.86. The number of nitro groups is 1. The van der Waals surface area contributed by atoms with Gasteiger partial charge in [-0.2, -0.15) is 0 Å². The number of hydrogen-bond acceptors (Lipinski definition) is 5. The largest absolute Gasteiger partial charge is 0.377 e. The fourth-order valence-electron chi connectivity index (χ4n) is 2.87. The third kappa shape index (κ3) is 4.41. The molecule has 0 saturated carbocycles.